The first-order valence-electron chi connectivity index (χ1n) is 6.13. The fourth-order valence-electron chi connectivity index (χ4n) is 2.78. The number of nitrogens with zero attached hydrogens (tertiary/aromatic N) is 1. The molecule has 1 saturated heterocycles. The van der Waals surface area contributed by atoms with Crippen LogP contribution in [0.3, 0.4) is 0 Å². The van der Waals surface area contributed by atoms with Crippen LogP contribution in [0.1, 0.15) is 25.8 Å². The SMILES string of the molecule is CC1CC(C)CN(Cc2ccc(O)cc2)C1. The van der Waals surface area contributed by atoms with Gasteiger partial charge in [0.15, 0.2) is 0 Å². The van der Waals surface area contributed by atoms with Crippen LogP contribution in [-0.4, -0.2) is 23.1 Å². The number of hydrogen-bond donors (Lipinski definition) is 1. The van der Waals surface area contributed by atoms with Gasteiger partial charge in [-0.15, -0.1) is 0 Å². The van der Waals surface area contributed by atoms with Gasteiger partial charge in [0.2, 0.25) is 0 Å². The summed E-state index contributed by atoms with van der Waals surface area (Å²) in [6.07, 6.45) is 1.35. The van der Waals surface area contributed by atoms with Gasteiger partial charge in [0.1, 0.15) is 5.75 Å². The molecule has 0 aromatic heterocycles. The maximum Gasteiger partial charge on any atom is 0.115 e. The van der Waals surface area contributed by atoms with Crippen molar-refractivity contribution in [3.63, 3.8) is 0 Å². The maximum absolute atomic E-state index is 9.23. The lowest BCUT2D eigenvalue weighted by atomic mass is 9.91. The molecule has 0 spiro atoms. The van der Waals surface area contributed by atoms with Crippen LogP contribution in [0.15, 0.2) is 24.3 Å². The molecule has 2 nitrogen and oxygen atoms in total. The van der Waals surface area contributed by atoms with Crippen LogP contribution in [0.5, 0.6) is 5.75 Å². The molecule has 0 saturated carbocycles. The van der Waals surface area contributed by atoms with Crippen LogP contribution in [0.4, 0.5) is 0 Å². The normalized spacial score (nSPS) is 26.9. The fourth-order valence-corrected chi connectivity index (χ4v) is 2.78. The molecule has 0 bridgehead atoms. The van der Waals surface area contributed by atoms with E-state index in [4.69, 9.17) is 0 Å². The minimum Gasteiger partial charge on any atom is -0.508 e. The Morgan fingerprint density at radius 3 is 2.25 bits per heavy atom. The fraction of sp³-hybridized carbons (Fsp3) is 0.571. The molecule has 0 amide bonds. The molecule has 1 aromatic carbocycles. The summed E-state index contributed by atoms with van der Waals surface area (Å²) in [7, 11) is 0. The number of phenols is 1. The molecule has 1 fully saturated rings. The number of piperidine rings is 1. The Balaban J connectivity index is 1.96. The lowest BCUT2D eigenvalue weighted by Gasteiger charge is -2.34. The molecular formula is C14H21NO. The standard InChI is InChI=1S/C14H21NO/c1-11-7-12(2)9-15(8-11)10-13-3-5-14(16)6-4-13/h3-6,11-12,16H,7-10H2,1-2H3. The van der Waals surface area contributed by atoms with E-state index in [-0.39, 0.29) is 0 Å². The second-order valence-electron chi connectivity index (χ2n) is 5.31. The van der Waals surface area contributed by atoms with Crippen molar-refractivity contribution < 1.29 is 5.11 Å². The zero-order chi connectivity index (χ0) is 11.5. The molecule has 1 aliphatic rings. The smallest absolute Gasteiger partial charge is 0.115 e. The first kappa shape index (κ1) is 11.5. The molecule has 0 aliphatic carbocycles. The Bertz CT molecular complexity index is 323. The van der Waals surface area contributed by atoms with E-state index in [1.54, 1.807) is 12.1 Å². The number of rotatable bonds is 2. The average molecular weight is 219 g/mol. The molecule has 0 radical (unpaired) electrons. The van der Waals surface area contributed by atoms with Crippen LogP contribution in [0.25, 0.3) is 0 Å². The summed E-state index contributed by atoms with van der Waals surface area (Å²) in [6.45, 7) is 8.07. The molecule has 2 unspecified atom stereocenters. The third-order valence-electron chi connectivity index (χ3n) is 3.29. The second-order valence-corrected chi connectivity index (χ2v) is 5.31. The second kappa shape index (κ2) is 4.88. The van der Waals surface area contributed by atoms with Gasteiger partial charge in [0.25, 0.3) is 0 Å². The zero-order valence-corrected chi connectivity index (χ0v) is 10.2. The third kappa shape index (κ3) is 2.99. The number of phenolic OH excluding ortho intramolecular Hbond substituents is 1. The highest BCUT2D eigenvalue weighted by Gasteiger charge is 2.21. The van der Waals surface area contributed by atoms with E-state index in [2.05, 4.69) is 18.7 Å². The summed E-state index contributed by atoms with van der Waals surface area (Å²) in [4.78, 5) is 2.52. The summed E-state index contributed by atoms with van der Waals surface area (Å²) < 4.78 is 0. The summed E-state index contributed by atoms with van der Waals surface area (Å²) in [5.41, 5.74) is 1.29. The van der Waals surface area contributed by atoms with E-state index in [1.165, 1.54) is 25.1 Å². The molecule has 1 aliphatic heterocycles. The van der Waals surface area contributed by atoms with Crippen LogP contribution in [-0.2, 0) is 6.54 Å². The molecule has 16 heavy (non-hydrogen) atoms. The third-order valence-corrected chi connectivity index (χ3v) is 3.29. The highest BCUT2D eigenvalue weighted by atomic mass is 16.3. The Kier molecular flexibility index (Phi) is 3.49. The Morgan fingerprint density at radius 1 is 1.12 bits per heavy atom. The maximum atomic E-state index is 9.23. The highest BCUT2D eigenvalue weighted by molar-refractivity contribution is 5.25. The lowest BCUT2D eigenvalue weighted by Crippen LogP contribution is -2.38. The monoisotopic (exact) mass is 219 g/mol. The summed E-state index contributed by atoms with van der Waals surface area (Å²) >= 11 is 0. The Morgan fingerprint density at radius 2 is 1.69 bits per heavy atom. The van der Waals surface area contributed by atoms with E-state index in [0.717, 1.165) is 18.4 Å². The molecule has 88 valence electrons. The van der Waals surface area contributed by atoms with Crippen molar-refractivity contribution in [2.75, 3.05) is 13.1 Å². The van der Waals surface area contributed by atoms with E-state index < -0.39 is 0 Å². The first-order valence-corrected chi connectivity index (χ1v) is 6.13. The van der Waals surface area contributed by atoms with Crippen molar-refractivity contribution in [1.29, 1.82) is 0 Å². The Labute approximate surface area is 97.9 Å². The zero-order valence-electron chi connectivity index (χ0n) is 10.2. The van der Waals surface area contributed by atoms with Crippen LogP contribution in [0.2, 0.25) is 0 Å². The number of aromatic hydroxyl groups is 1. The van der Waals surface area contributed by atoms with Gasteiger partial charge in [-0.2, -0.15) is 0 Å². The van der Waals surface area contributed by atoms with Crippen molar-refractivity contribution in [2.24, 2.45) is 11.8 Å². The molecule has 2 heteroatoms. The largest absolute Gasteiger partial charge is 0.508 e. The molecular weight excluding hydrogens is 198 g/mol. The molecule has 2 rings (SSSR count). The van der Waals surface area contributed by atoms with E-state index in [9.17, 15) is 5.11 Å². The van der Waals surface area contributed by atoms with Gasteiger partial charge in [-0.3, -0.25) is 4.90 Å². The number of benzene rings is 1. The minimum absolute atomic E-state index is 0.351. The predicted octanol–water partition coefficient (Wildman–Crippen LogP) is 2.87. The van der Waals surface area contributed by atoms with Gasteiger partial charge in [-0.25, -0.2) is 0 Å². The molecule has 1 heterocycles. The van der Waals surface area contributed by atoms with Crippen molar-refractivity contribution in [1.82, 2.24) is 4.90 Å². The predicted molar refractivity (Wildman–Crippen MR) is 66.3 cm³/mol. The Hall–Kier alpha value is -1.02. The van der Waals surface area contributed by atoms with Crippen molar-refractivity contribution in [3.8, 4) is 5.75 Å². The van der Waals surface area contributed by atoms with Crippen molar-refractivity contribution in [3.05, 3.63) is 29.8 Å². The van der Waals surface area contributed by atoms with E-state index in [0.29, 0.717) is 5.75 Å². The summed E-state index contributed by atoms with van der Waals surface area (Å²) in [5.74, 6) is 1.96. The first-order chi connectivity index (χ1) is 7.63. The average Bonchev–Trinajstić information content (AvgIpc) is 2.20. The van der Waals surface area contributed by atoms with Gasteiger partial charge >= 0.3 is 0 Å². The highest BCUT2D eigenvalue weighted by Crippen LogP contribution is 2.22. The topological polar surface area (TPSA) is 23.5 Å². The number of likely N-dealkylation sites (tertiary alicyclic amines) is 1. The van der Waals surface area contributed by atoms with E-state index in [1.807, 2.05) is 12.1 Å². The van der Waals surface area contributed by atoms with Crippen molar-refractivity contribution >= 4 is 0 Å². The van der Waals surface area contributed by atoms with Crippen molar-refractivity contribution in [2.45, 2.75) is 26.8 Å². The molecule has 1 aromatic rings. The summed E-state index contributed by atoms with van der Waals surface area (Å²) in [6, 6.07) is 7.57. The molecule has 1 N–H and O–H groups in total. The van der Waals surface area contributed by atoms with Crippen LogP contribution < -0.4 is 0 Å². The van der Waals surface area contributed by atoms with Gasteiger partial charge in [-0.05, 0) is 36.0 Å². The van der Waals surface area contributed by atoms with Crippen LogP contribution in [0, 0.1) is 11.8 Å². The van der Waals surface area contributed by atoms with E-state index >= 15 is 0 Å². The van der Waals surface area contributed by atoms with Gasteiger partial charge in [0, 0.05) is 19.6 Å². The lowest BCUT2D eigenvalue weighted by molar-refractivity contribution is 0.134. The number of hydrogen-bond acceptors (Lipinski definition) is 2. The van der Waals surface area contributed by atoms with Gasteiger partial charge in [0.05, 0.1) is 0 Å². The quantitative estimate of drug-likeness (QED) is 0.826. The minimum atomic E-state index is 0.351. The van der Waals surface area contributed by atoms with Gasteiger partial charge in [-0.1, -0.05) is 26.0 Å². The summed E-state index contributed by atoms with van der Waals surface area (Å²) in [5, 5.41) is 9.23. The van der Waals surface area contributed by atoms with Crippen LogP contribution >= 0.6 is 0 Å². The molecule has 2 atom stereocenters. The van der Waals surface area contributed by atoms with Gasteiger partial charge < -0.3 is 5.11 Å².